The lowest BCUT2D eigenvalue weighted by Crippen LogP contribution is -1.98. The van der Waals surface area contributed by atoms with E-state index in [2.05, 4.69) is 24.2 Å². The first-order valence-corrected chi connectivity index (χ1v) is 7.41. The SMILES string of the molecule is Cc1ccc(-c2nn(C)c(N)c2-c2ccccc2Cl)s1. The van der Waals surface area contributed by atoms with Gasteiger partial charge in [0.25, 0.3) is 0 Å². The molecule has 0 unspecified atom stereocenters. The van der Waals surface area contributed by atoms with Crippen LogP contribution in [0.25, 0.3) is 21.7 Å². The average molecular weight is 304 g/mol. The fraction of sp³-hybridized carbons (Fsp3) is 0.133. The fourth-order valence-corrected chi connectivity index (χ4v) is 3.29. The van der Waals surface area contributed by atoms with E-state index >= 15 is 0 Å². The Morgan fingerprint density at radius 3 is 2.60 bits per heavy atom. The number of aryl methyl sites for hydroxylation is 2. The number of benzene rings is 1. The maximum Gasteiger partial charge on any atom is 0.130 e. The summed E-state index contributed by atoms with van der Waals surface area (Å²) in [6.45, 7) is 2.08. The maximum absolute atomic E-state index is 6.32. The van der Waals surface area contributed by atoms with Gasteiger partial charge in [0, 0.05) is 22.5 Å². The van der Waals surface area contributed by atoms with Gasteiger partial charge in [0.2, 0.25) is 0 Å². The summed E-state index contributed by atoms with van der Waals surface area (Å²) in [6, 6.07) is 11.9. The van der Waals surface area contributed by atoms with Crippen molar-refractivity contribution >= 4 is 28.8 Å². The normalized spacial score (nSPS) is 10.9. The van der Waals surface area contributed by atoms with E-state index < -0.39 is 0 Å². The maximum atomic E-state index is 6.32. The summed E-state index contributed by atoms with van der Waals surface area (Å²) in [5.74, 6) is 0.624. The molecule has 0 amide bonds. The van der Waals surface area contributed by atoms with Crippen molar-refractivity contribution in [3.8, 4) is 21.7 Å². The van der Waals surface area contributed by atoms with Crippen molar-refractivity contribution in [2.75, 3.05) is 5.73 Å². The fourth-order valence-electron chi connectivity index (χ4n) is 2.20. The van der Waals surface area contributed by atoms with Crippen LogP contribution in [-0.2, 0) is 7.05 Å². The predicted molar refractivity (Wildman–Crippen MR) is 86.1 cm³/mol. The van der Waals surface area contributed by atoms with Crippen molar-refractivity contribution in [3.63, 3.8) is 0 Å². The highest BCUT2D eigenvalue weighted by molar-refractivity contribution is 7.15. The third-order valence-electron chi connectivity index (χ3n) is 3.21. The molecule has 0 aliphatic carbocycles. The Kier molecular flexibility index (Phi) is 3.28. The molecule has 0 saturated carbocycles. The van der Waals surface area contributed by atoms with Crippen LogP contribution in [-0.4, -0.2) is 9.78 Å². The van der Waals surface area contributed by atoms with Gasteiger partial charge in [0.1, 0.15) is 11.5 Å². The Morgan fingerprint density at radius 1 is 1.20 bits per heavy atom. The number of thiophene rings is 1. The Hall–Kier alpha value is -1.78. The van der Waals surface area contributed by atoms with Crippen LogP contribution >= 0.6 is 22.9 Å². The first-order valence-electron chi connectivity index (χ1n) is 6.22. The summed E-state index contributed by atoms with van der Waals surface area (Å²) >= 11 is 8.02. The Bertz CT molecular complexity index is 773. The molecule has 0 spiro atoms. The lowest BCUT2D eigenvalue weighted by atomic mass is 10.0. The van der Waals surface area contributed by atoms with E-state index in [-0.39, 0.29) is 0 Å². The zero-order valence-electron chi connectivity index (χ0n) is 11.2. The molecule has 1 aromatic carbocycles. The minimum Gasteiger partial charge on any atom is -0.383 e. The number of nitrogen functional groups attached to an aromatic ring is 1. The van der Waals surface area contributed by atoms with E-state index in [1.54, 1.807) is 16.0 Å². The number of nitrogens with two attached hydrogens (primary N) is 1. The number of aromatic nitrogens is 2. The molecule has 2 N–H and O–H groups in total. The van der Waals surface area contributed by atoms with Crippen LogP contribution in [0.5, 0.6) is 0 Å². The first-order chi connectivity index (χ1) is 9.58. The molecule has 0 atom stereocenters. The highest BCUT2D eigenvalue weighted by Gasteiger charge is 2.20. The summed E-state index contributed by atoms with van der Waals surface area (Å²) in [5, 5.41) is 5.24. The van der Waals surface area contributed by atoms with Crippen LogP contribution < -0.4 is 5.73 Å². The number of rotatable bonds is 2. The molecule has 102 valence electrons. The van der Waals surface area contributed by atoms with Crippen molar-refractivity contribution in [1.29, 1.82) is 0 Å². The predicted octanol–water partition coefficient (Wildman–Crippen LogP) is 4.36. The van der Waals surface area contributed by atoms with Crippen LogP contribution in [0, 0.1) is 6.92 Å². The van der Waals surface area contributed by atoms with Gasteiger partial charge >= 0.3 is 0 Å². The third kappa shape index (κ3) is 2.11. The van der Waals surface area contributed by atoms with Gasteiger partial charge in [-0.3, -0.25) is 4.68 Å². The Morgan fingerprint density at radius 2 is 1.95 bits per heavy atom. The van der Waals surface area contributed by atoms with Gasteiger partial charge in [0.05, 0.1) is 10.4 Å². The van der Waals surface area contributed by atoms with E-state index in [4.69, 9.17) is 17.3 Å². The number of nitrogens with zero attached hydrogens (tertiary/aromatic N) is 2. The smallest absolute Gasteiger partial charge is 0.130 e. The molecule has 2 aromatic heterocycles. The van der Waals surface area contributed by atoms with Crippen molar-refractivity contribution in [2.24, 2.45) is 7.05 Å². The second-order valence-electron chi connectivity index (χ2n) is 4.62. The largest absolute Gasteiger partial charge is 0.383 e. The van der Waals surface area contributed by atoms with Crippen LogP contribution in [0.1, 0.15) is 4.88 Å². The van der Waals surface area contributed by atoms with Crippen molar-refractivity contribution in [1.82, 2.24) is 9.78 Å². The summed E-state index contributed by atoms with van der Waals surface area (Å²) in [6.07, 6.45) is 0. The van der Waals surface area contributed by atoms with Crippen LogP contribution in [0.2, 0.25) is 5.02 Å². The third-order valence-corrected chi connectivity index (χ3v) is 4.55. The van der Waals surface area contributed by atoms with E-state index in [0.717, 1.165) is 21.7 Å². The Labute approximate surface area is 126 Å². The van der Waals surface area contributed by atoms with Gasteiger partial charge < -0.3 is 5.73 Å². The van der Waals surface area contributed by atoms with Crippen molar-refractivity contribution in [3.05, 3.63) is 46.3 Å². The molecule has 3 nitrogen and oxygen atoms in total. The van der Waals surface area contributed by atoms with E-state index in [1.807, 2.05) is 31.3 Å². The number of anilines is 1. The topological polar surface area (TPSA) is 43.8 Å². The van der Waals surface area contributed by atoms with Gasteiger partial charge in [0.15, 0.2) is 0 Å². The molecular formula is C15H14ClN3S. The van der Waals surface area contributed by atoms with Gasteiger partial charge in [-0.2, -0.15) is 5.10 Å². The summed E-state index contributed by atoms with van der Waals surface area (Å²) in [5.41, 5.74) is 8.90. The molecule has 2 heterocycles. The highest BCUT2D eigenvalue weighted by Crippen LogP contribution is 2.41. The molecule has 20 heavy (non-hydrogen) atoms. The van der Waals surface area contributed by atoms with Gasteiger partial charge in [-0.05, 0) is 25.1 Å². The van der Waals surface area contributed by atoms with Crippen LogP contribution in [0.4, 0.5) is 5.82 Å². The van der Waals surface area contributed by atoms with Gasteiger partial charge in [-0.1, -0.05) is 29.8 Å². The van der Waals surface area contributed by atoms with Gasteiger partial charge in [-0.15, -0.1) is 11.3 Å². The number of hydrogen-bond acceptors (Lipinski definition) is 3. The lowest BCUT2D eigenvalue weighted by Gasteiger charge is -2.05. The summed E-state index contributed by atoms with van der Waals surface area (Å²) in [4.78, 5) is 2.35. The molecule has 0 aliphatic rings. The molecule has 0 radical (unpaired) electrons. The number of hydrogen-bond donors (Lipinski definition) is 1. The van der Waals surface area contributed by atoms with Crippen LogP contribution in [0.15, 0.2) is 36.4 Å². The molecule has 0 saturated heterocycles. The number of halogens is 1. The van der Waals surface area contributed by atoms with Crippen molar-refractivity contribution in [2.45, 2.75) is 6.92 Å². The van der Waals surface area contributed by atoms with E-state index in [9.17, 15) is 0 Å². The molecule has 0 aliphatic heterocycles. The molecule has 5 heteroatoms. The molecule has 0 fully saturated rings. The minimum absolute atomic E-state index is 0.624. The minimum atomic E-state index is 0.624. The van der Waals surface area contributed by atoms with Crippen LogP contribution in [0.3, 0.4) is 0 Å². The zero-order valence-corrected chi connectivity index (χ0v) is 12.8. The molecule has 3 rings (SSSR count). The first kappa shape index (κ1) is 13.2. The second-order valence-corrected chi connectivity index (χ2v) is 6.32. The molecule has 0 bridgehead atoms. The van der Waals surface area contributed by atoms with Gasteiger partial charge in [-0.25, -0.2) is 0 Å². The highest BCUT2D eigenvalue weighted by atomic mass is 35.5. The summed E-state index contributed by atoms with van der Waals surface area (Å²) in [7, 11) is 1.85. The average Bonchev–Trinajstić information content (AvgIpc) is 2.96. The van der Waals surface area contributed by atoms with E-state index in [0.29, 0.717) is 10.8 Å². The summed E-state index contributed by atoms with van der Waals surface area (Å²) < 4.78 is 1.70. The molecular weight excluding hydrogens is 290 g/mol. The molecule has 3 aromatic rings. The monoisotopic (exact) mass is 303 g/mol. The Balaban J connectivity index is 2.28. The standard InChI is InChI=1S/C15H14ClN3S/c1-9-7-8-12(20-9)14-13(15(17)19(2)18-14)10-5-3-4-6-11(10)16/h3-8H,17H2,1-2H3. The zero-order chi connectivity index (χ0) is 14.3. The lowest BCUT2D eigenvalue weighted by molar-refractivity contribution is 0.783. The second kappa shape index (κ2) is 4.96. The van der Waals surface area contributed by atoms with E-state index in [1.165, 1.54) is 4.88 Å². The van der Waals surface area contributed by atoms with Crippen molar-refractivity contribution < 1.29 is 0 Å². The quantitative estimate of drug-likeness (QED) is 0.764.